The van der Waals surface area contributed by atoms with Gasteiger partial charge in [-0.2, -0.15) is 9.61 Å². The van der Waals surface area contributed by atoms with Crippen molar-refractivity contribution >= 4 is 17.2 Å². The van der Waals surface area contributed by atoms with Gasteiger partial charge in [0, 0.05) is 26.2 Å². The van der Waals surface area contributed by atoms with Gasteiger partial charge in [0.25, 0.3) is 5.56 Å². The van der Waals surface area contributed by atoms with Crippen LogP contribution >= 0.6 is 0 Å². The maximum absolute atomic E-state index is 11.3. The average molecular weight is 298 g/mol. The monoisotopic (exact) mass is 298 g/mol. The lowest BCUT2D eigenvalue weighted by atomic mass is 10.1. The number of hydrogen-bond acceptors (Lipinski definition) is 7. The van der Waals surface area contributed by atoms with E-state index in [0.717, 1.165) is 30.2 Å². The van der Waals surface area contributed by atoms with Crippen LogP contribution in [0.5, 0.6) is 0 Å². The smallest absolute Gasteiger partial charge is 0.266 e. The maximum Gasteiger partial charge on any atom is 0.266 e. The van der Waals surface area contributed by atoms with Crippen molar-refractivity contribution in [1.82, 2.24) is 30.0 Å². The van der Waals surface area contributed by atoms with Gasteiger partial charge in [0.2, 0.25) is 0 Å². The molecule has 1 N–H and O–H groups in total. The van der Waals surface area contributed by atoms with Gasteiger partial charge in [-0.1, -0.05) is 0 Å². The Kier molecular flexibility index (Phi) is 2.78. The van der Waals surface area contributed by atoms with E-state index in [1.165, 1.54) is 0 Å². The maximum atomic E-state index is 11.3. The molecule has 22 heavy (non-hydrogen) atoms. The molecule has 4 rings (SSSR count). The molecule has 1 aliphatic heterocycles. The number of aromatic amines is 1. The molecule has 9 heteroatoms. The molecule has 0 saturated carbocycles. The summed E-state index contributed by atoms with van der Waals surface area (Å²) in [6.45, 7) is 1.65. The third-order valence-electron chi connectivity index (χ3n) is 3.93. The Labute approximate surface area is 125 Å². The van der Waals surface area contributed by atoms with Crippen molar-refractivity contribution < 1.29 is 0 Å². The van der Waals surface area contributed by atoms with Gasteiger partial charge in [-0.3, -0.25) is 4.79 Å². The second kappa shape index (κ2) is 4.79. The first kappa shape index (κ1) is 12.7. The molecule has 0 aromatic carbocycles. The fourth-order valence-electron chi connectivity index (χ4n) is 2.54. The van der Waals surface area contributed by atoms with Gasteiger partial charge >= 0.3 is 0 Å². The van der Waals surface area contributed by atoms with E-state index in [1.807, 2.05) is 19.2 Å². The van der Waals surface area contributed by atoms with Crippen molar-refractivity contribution in [3.8, 4) is 0 Å². The van der Waals surface area contributed by atoms with Crippen molar-refractivity contribution in [3.63, 3.8) is 0 Å². The largest absolute Gasteiger partial charge is 0.366 e. The molecule has 1 fully saturated rings. The van der Waals surface area contributed by atoms with Gasteiger partial charge < -0.3 is 9.80 Å². The second-order valence-corrected chi connectivity index (χ2v) is 5.30. The molecule has 3 aromatic heterocycles. The minimum atomic E-state index is -0.186. The van der Waals surface area contributed by atoms with Crippen LogP contribution in [0.15, 0.2) is 35.5 Å². The van der Waals surface area contributed by atoms with E-state index in [4.69, 9.17) is 0 Å². The molecule has 0 bridgehead atoms. The normalized spacial score (nSPS) is 15.0. The lowest BCUT2D eigenvalue weighted by Crippen LogP contribution is -2.59. The molecule has 0 unspecified atom stereocenters. The summed E-state index contributed by atoms with van der Waals surface area (Å²) in [6.07, 6.45) is 3.25. The molecule has 0 spiro atoms. The van der Waals surface area contributed by atoms with Crippen molar-refractivity contribution in [1.29, 1.82) is 0 Å². The first-order chi connectivity index (χ1) is 10.7. The van der Waals surface area contributed by atoms with Gasteiger partial charge in [0.05, 0.1) is 17.9 Å². The molecule has 4 heterocycles. The van der Waals surface area contributed by atoms with Crippen LogP contribution < -0.4 is 15.4 Å². The van der Waals surface area contributed by atoms with Gasteiger partial charge in [0.15, 0.2) is 5.65 Å². The number of hydrogen-bond donors (Lipinski definition) is 1. The molecule has 1 aliphatic rings. The first-order valence-electron chi connectivity index (χ1n) is 6.90. The highest BCUT2D eigenvalue weighted by Crippen LogP contribution is 2.23. The van der Waals surface area contributed by atoms with Crippen LogP contribution in [0.1, 0.15) is 0 Å². The number of H-pyrrole nitrogens is 1. The molecule has 1 saturated heterocycles. The molecule has 3 aromatic rings. The molecule has 112 valence electrons. The number of anilines is 2. The van der Waals surface area contributed by atoms with Crippen LogP contribution in [0.25, 0.3) is 5.65 Å². The van der Waals surface area contributed by atoms with E-state index in [2.05, 4.69) is 35.3 Å². The average Bonchev–Trinajstić information content (AvgIpc) is 2.93. The number of fused-ring (bicyclic) bond motifs is 1. The Morgan fingerprint density at radius 2 is 2.23 bits per heavy atom. The van der Waals surface area contributed by atoms with Crippen LogP contribution in [0, 0.1) is 0 Å². The third kappa shape index (κ3) is 2.07. The third-order valence-corrected chi connectivity index (χ3v) is 3.93. The Bertz CT molecular complexity index is 865. The SMILES string of the molecule is CN(c1ccc2nncn2n1)C1CN(c2cn[nH]c(=O)c2)C1. The zero-order valence-corrected chi connectivity index (χ0v) is 11.9. The molecule has 0 atom stereocenters. The molecule has 0 amide bonds. The second-order valence-electron chi connectivity index (χ2n) is 5.30. The van der Waals surface area contributed by atoms with E-state index in [1.54, 1.807) is 23.1 Å². The molecular formula is C13H14N8O. The quantitative estimate of drug-likeness (QED) is 0.698. The van der Waals surface area contributed by atoms with Crippen molar-refractivity contribution in [2.45, 2.75) is 6.04 Å². The van der Waals surface area contributed by atoms with Gasteiger partial charge in [-0.05, 0) is 12.1 Å². The summed E-state index contributed by atoms with van der Waals surface area (Å²) >= 11 is 0. The summed E-state index contributed by atoms with van der Waals surface area (Å²) in [5, 5.41) is 18.5. The Morgan fingerprint density at radius 1 is 1.36 bits per heavy atom. The zero-order valence-electron chi connectivity index (χ0n) is 11.9. The topological polar surface area (TPSA) is 95.3 Å². The van der Waals surface area contributed by atoms with Gasteiger partial charge in [-0.25, -0.2) is 5.10 Å². The minimum Gasteiger partial charge on any atom is -0.366 e. The van der Waals surface area contributed by atoms with Crippen LogP contribution in [0.4, 0.5) is 11.5 Å². The minimum absolute atomic E-state index is 0.186. The lowest BCUT2D eigenvalue weighted by Gasteiger charge is -2.45. The first-order valence-corrected chi connectivity index (χ1v) is 6.90. The van der Waals surface area contributed by atoms with Crippen molar-refractivity contribution in [2.24, 2.45) is 0 Å². The standard InChI is InChI=1S/C13H14N8O/c1-19(12-3-2-11-16-15-8-21(11)18-12)10-6-20(7-10)9-4-13(22)17-14-5-9/h2-5,8,10H,6-7H2,1H3,(H,17,22). The number of aromatic nitrogens is 6. The summed E-state index contributed by atoms with van der Waals surface area (Å²) in [5.41, 5.74) is 1.38. The van der Waals surface area contributed by atoms with Crippen LogP contribution in [-0.2, 0) is 0 Å². The van der Waals surface area contributed by atoms with E-state index in [9.17, 15) is 4.79 Å². The Hall–Kier alpha value is -2.97. The molecular weight excluding hydrogens is 284 g/mol. The summed E-state index contributed by atoms with van der Waals surface area (Å²) in [7, 11) is 2.01. The number of likely N-dealkylation sites (N-methyl/N-ethyl adjacent to an activating group) is 1. The summed E-state index contributed by atoms with van der Waals surface area (Å²) in [4.78, 5) is 15.5. The fraction of sp³-hybridized carbons (Fsp3) is 0.308. The number of rotatable bonds is 3. The van der Waals surface area contributed by atoms with Crippen molar-refractivity contribution in [3.05, 3.63) is 41.1 Å². The molecule has 0 radical (unpaired) electrons. The zero-order chi connectivity index (χ0) is 15.1. The summed E-state index contributed by atoms with van der Waals surface area (Å²) < 4.78 is 1.66. The van der Waals surface area contributed by atoms with Crippen LogP contribution in [-0.4, -0.2) is 56.2 Å². The summed E-state index contributed by atoms with van der Waals surface area (Å²) in [5.74, 6) is 0.862. The predicted octanol–water partition coefficient (Wildman–Crippen LogP) is -0.467. The summed E-state index contributed by atoms with van der Waals surface area (Å²) in [6, 6.07) is 5.72. The van der Waals surface area contributed by atoms with Crippen LogP contribution in [0.2, 0.25) is 0 Å². The Balaban J connectivity index is 1.48. The lowest BCUT2D eigenvalue weighted by molar-refractivity contribution is 0.491. The number of nitrogens with one attached hydrogen (secondary N) is 1. The molecule has 9 nitrogen and oxygen atoms in total. The van der Waals surface area contributed by atoms with Gasteiger partial charge in [-0.15, -0.1) is 15.3 Å². The highest BCUT2D eigenvalue weighted by molar-refractivity contribution is 5.51. The van der Waals surface area contributed by atoms with Crippen LogP contribution in [0.3, 0.4) is 0 Å². The van der Waals surface area contributed by atoms with E-state index >= 15 is 0 Å². The van der Waals surface area contributed by atoms with E-state index in [-0.39, 0.29) is 5.56 Å². The van der Waals surface area contributed by atoms with Gasteiger partial charge in [0.1, 0.15) is 12.1 Å². The Morgan fingerprint density at radius 3 is 3.05 bits per heavy atom. The van der Waals surface area contributed by atoms with E-state index in [0.29, 0.717) is 6.04 Å². The van der Waals surface area contributed by atoms with E-state index < -0.39 is 0 Å². The highest BCUT2D eigenvalue weighted by atomic mass is 16.1. The number of nitrogens with zero attached hydrogens (tertiary/aromatic N) is 7. The fourth-order valence-corrected chi connectivity index (χ4v) is 2.54. The predicted molar refractivity (Wildman–Crippen MR) is 80.0 cm³/mol. The highest BCUT2D eigenvalue weighted by Gasteiger charge is 2.31. The molecule has 0 aliphatic carbocycles. The van der Waals surface area contributed by atoms with Crippen molar-refractivity contribution in [2.75, 3.05) is 29.9 Å².